The molecule has 6 heteroatoms. The summed E-state index contributed by atoms with van der Waals surface area (Å²) in [5.41, 5.74) is 4.18. The van der Waals surface area contributed by atoms with Gasteiger partial charge in [0.1, 0.15) is 0 Å². The van der Waals surface area contributed by atoms with Crippen molar-refractivity contribution >= 4 is 17.9 Å². The molecule has 0 aromatic heterocycles. The number of nitrogens with one attached hydrogen (secondary N) is 3. The molecule has 0 aliphatic heterocycles. The minimum absolute atomic E-state index is 0.0692. The molecule has 2 amide bonds. The van der Waals surface area contributed by atoms with Crippen LogP contribution in [0.5, 0.6) is 0 Å². The van der Waals surface area contributed by atoms with E-state index in [4.69, 9.17) is 5.21 Å². The van der Waals surface area contributed by atoms with Crippen LogP contribution in [-0.2, 0) is 16.1 Å². The molecule has 1 aromatic rings. The Kier molecular flexibility index (Phi) is 9.88. The van der Waals surface area contributed by atoms with E-state index in [0.29, 0.717) is 6.54 Å². The second-order valence-corrected chi connectivity index (χ2v) is 5.39. The maximum absolute atomic E-state index is 12.1. The van der Waals surface area contributed by atoms with Crippen molar-refractivity contribution in [2.24, 2.45) is 0 Å². The van der Waals surface area contributed by atoms with E-state index < -0.39 is 5.91 Å². The largest absolute Gasteiger partial charge is 0.368 e. The third-order valence-electron chi connectivity index (χ3n) is 3.28. The highest BCUT2D eigenvalue weighted by Gasteiger charge is 2.04. The average Bonchev–Trinajstić information content (AvgIpc) is 2.65. The first-order valence-corrected chi connectivity index (χ1v) is 8.25. The number of carbonyl (C=O) groups excluding carboxylic acids is 2. The molecule has 6 nitrogen and oxygen atoms in total. The summed E-state index contributed by atoms with van der Waals surface area (Å²) in [7, 11) is 0. The molecule has 4 N–H and O–H groups in total. The Morgan fingerprint density at radius 2 is 1.81 bits per heavy atom. The topological polar surface area (TPSA) is 90.5 Å². The fourth-order valence-corrected chi connectivity index (χ4v) is 2.03. The van der Waals surface area contributed by atoms with Crippen molar-refractivity contribution in [2.75, 3.05) is 0 Å². The van der Waals surface area contributed by atoms with Crippen LogP contribution in [0.4, 0.5) is 0 Å². The van der Waals surface area contributed by atoms with Gasteiger partial charge >= 0.3 is 0 Å². The molecule has 0 unspecified atom stereocenters. The molecule has 0 spiro atoms. The monoisotopic (exact) mass is 355 g/mol. The van der Waals surface area contributed by atoms with Gasteiger partial charge in [0.05, 0.1) is 6.42 Å². The number of rotatable bonds is 9. The molecule has 0 heterocycles. The fraction of sp³-hybridized carbons (Fsp3) is 0.200. The van der Waals surface area contributed by atoms with Gasteiger partial charge in [-0.25, -0.2) is 5.48 Å². The standard InChI is InChI=1S/C20H25N3O3/c1-3-5-18(14-21-12-4-2)13-20(25)22-15-17-8-6-16(7-9-17)10-11-19(24)23-26/h3-12,14,21,26H,13,15H2,1-2H3,(H,22,25)(H,23,24)/b5-3+,11-10+,12-4+,18-14+. The van der Waals surface area contributed by atoms with Crippen LogP contribution >= 0.6 is 0 Å². The van der Waals surface area contributed by atoms with Crippen LogP contribution < -0.4 is 16.1 Å². The normalized spacial score (nSPS) is 12.0. The summed E-state index contributed by atoms with van der Waals surface area (Å²) in [5, 5.41) is 14.3. The van der Waals surface area contributed by atoms with E-state index in [1.807, 2.05) is 56.3 Å². The third-order valence-corrected chi connectivity index (χ3v) is 3.28. The van der Waals surface area contributed by atoms with Gasteiger partial charge in [-0.3, -0.25) is 14.8 Å². The molecule has 0 aliphatic carbocycles. The number of amides is 2. The second-order valence-electron chi connectivity index (χ2n) is 5.39. The lowest BCUT2D eigenvalue weighted by Gasteiger charge is -2.07. The van der Waals surface area contributed by atoms with Crippen molar-refractivity contribution < 1.29 is 14.8 Å². The highest BCUT2D eigenvalue weighted by atomic mass is 16.5. The first-order chi connectivity index (χ1) is 12.6. The summed E-state index contributed by atoms with van der Waals surface area (Å²) in [6.45, 7) is 4.23. The predicted molar refractivity (Wildman–Crippen MR) is 103 cm³/mol. The highest BCUT2D eigenvalue weighted by molar-refractivity contribution is 5.90. The van der Waals surface area contributed by atoms with Crippen LogP contribution in [-0.4, -0.2) is 17.0 Å². The lowest BCUT2D eigenvalue weighted by molar-refractivity contribution is -0.124. The minimum Gasteiger partial charge on any atom is -0.368 e. The van der Waals surface area contributed by atoms with Crippen molar-refractivity contribution in [3.05, 3.63) is 77.7 Å². The van der Waals surface area contributed by atoms with E-state index in [-0.39, 0.29) is 12.3 Å². The zero-order chi connectivity index (χ0) is 19.2. The smallest absolute Gasteiger partial charge is 0.267 e. The number of hydrogen-bond acceptors (Lipinski definition) is 4. The zero-order valence-corrected chi connectivity index (χ0v) is 15.0. The molecule has 1 aromatic carbocycles. The number of allylic oxidation sites excluding steroid dienone is 3. The van der Waals surface area contributed by atoms with E-state index in [2.05, 4.69) is 10.6 Å². The van der Waals surface area contributed by atoms with Gasteiger partial charge in [-0.2, -0.15) is 0 Å². The van der Waals surface area contributed by atoms with Gasteiger partial charge in [0.2, 0.25) is 5.91 Å². The van der Waals surface area contributed by atoms with Gasteiger partial charge in [0.15, 0.2) is 0 Å². The quantitative estimate of drug-likeness (QED) is 0.237. The maximum atomic E-state index is 12.1. The molecule has 0 bridgehead atoms. The predicted octanol–water partition coefficient (Wildman–Crippen LogP) is 2.79. The Bertz CT molecular complexity index is 702. The van der Waals surface area contributed by atoms with Crippen molar-refractivity contribution in [3.63, 3.8) is 0 Å². The van der Waals surface area contributed by atoms with Crippen LogP contribution in [0.1, 0.15) is 31.4 Å². The molecule has 0 radical (unpaired) electrons. The Labute approximate surface area is 154 Å². The summed E-state index contributed by atoms with van der Waals surface area (Å²) in [5.74, 6) is -0.657. The molecule has 0 fully saturated rings. The molecule has 138 valence electrons. The van der Waals surface area contributed by atoms with Crippen LogP contribution in [0.2, 0.25) is 0 Å². The third kappa shape index (κ3) is 8.65. The molecule has 0 aliphatic rings. The van der Waals surface area contributed by atoms with Gasteiger partial charge in [0.25, 0.3) is 5.91 Å². The van der Waals surface area contributed by atoms with E-state index in [1.54, 1.807) is 18.5 Å². The van der Waals surface area contributed by atoms with E-state index in [0.717, 1.165) is 16.7 Å². The van der Waals surface area contributed by atoms with E-state index in [9.17, 15) is 9.59 Å². The van der Waals surface area contributed by atoms with Crippen LogP contribution in [0.15, 0.2) is 66.5 Å². The molecule has 0 saturated carbocycles. The second kappa shape index (κ2) is 12.3. The average molecular weight is 355 g/mol. The number of benzene rings is 1. The minimum atomic E-state index is -0.588. The Morgan fingerprint density at radius 1 is 1.08 bits per heavy atom. The van der Waals surface area contributed by atoms with Gasteiger partial charge < -0.3 is 10.6 Å². The summed E-state index contributed by atoms with van der Waals surface area (Å²) < 4.78 is 0. The molecular formula is C20H25N3O3. The molecule has 0 atom stereocenters. The first-order valence-electron chi connectivity index (χ1n) is 8.25. The summed E-state index contributed by atoms with van der Waals surface area (Å²) >= 11 is 0. The Hall–Kier alpha value is -3.12. The van der Waals surface area contributed by atoms with Crippen molar-refractivity contribution in [1.29, 1.82) is 0 Å². The van der Waals surface area contributed by atoms with Gasteiger partial charge in [0, 0.05) is 18.8 Å². The molecular weight excluding hydrogens is 330 g/mol. The van der Waals surface area contributed by atoms with Crippen LogP contribution in [0.3, 0.4) is 0 Å². The van der Waals surface area contributed by atoms with Gasteiger partial charge in [-0.15, -0.1) is 0 Å². The van der Waals surface area contributed by atoms with Crippen LogP contribution in [0.25, 0.3) is 6.08 Å². The summed E-state index contributed by atoms with van der Waals surface area (Å²) in [6.07, 6.45) is 12.3. The molecule has 1 rings (SSSR count). The number of hydrogen-bond donors (Lipinski definition) is 4. The number of carbonyl (C=O) groups is 2. The van der Waals surface area contributed by atoms with Gasteiger partial charge in [-0.1, -0.05) is 42.5 Å². The highest BCUT2D eigenvalue weighted by Crippen LogP contribution is 2.07. The molecule has 0 saturated heterocycles. The van der Waals surface area contributed by atoms with Gasteiger partial charge in [-0.05, 0) is 42.8 Å². The maximum Gasteiger partial charge on any atom is 0.267 e. The van der Waals surface area contributed by atoms with Crippen LogP contribution in [0, 0.1) is 0 Å². The van der Waals surface area contributed by atoms with Crippen molar-refractivity contribution in [1.82, 2.24) is 16.1 Å². The SMILES string of the molecule is C/C=C/N/C=C(\C=C\C)CC(=O)NCc1ccc(/C=C/C(=O)NO)cc1. The lowest BCUT2D eigenvalue weighted by atomic mass is 10.1. The van der Waals surface area contributed by atoms with Crippen molar-refractivity contribution in [2.45, 2.75) is 26.8 Å². The number of hydroxylamine groups is 1. The summed E-state index contributed by atoms with van der Waals surface area (Å²) in [4.78, 5) is 23.0. The Morgan fingerprint density at radius 3 is 2.42 bits per heavy atom. The Balaban J connectivity index is 2.54. The fourth-order valence-electron chi connectivity index (χ4n) is 2.03. The van der Waals surface area contributed by atoms with E-state index in [1.165, 1.54) is 11.6 Å². The summed E-state index contributed by atoms with van der Waals surface area (Å²) in [6, 6.07) is 7.39. The van der Waals surface area contributed by atoms with Crippen molar-refractivity contribution in [3.8, 4) is 0 Å². The molecule has 26 heavy (non-hydrogen) atoms. The first kappa shape index (κ1) is 20.9. The zero-order valence-electron chi connectivity index (χ0n) is 15.0. The van der Waals surface area contributed by atoms with E-state index >= 15 is 0 Å². The lowest BCUT2D eigenvalue weighted by Crippen LogP contribution is -2.23.